The van der Waals surface area contributed by atoms with Gasteiger partial charge in [-0.2, -0.15) is 0 Å². The molecule has 0 bridgehead atoms. The maximum Gasteiger partial charge on any atom is 0.341 e. The summed E-state index contributed by atoms with van der Waals surface area (Å²) in [7, 11) is 2.22. The van der Waals surface area contributed by atoms with Gasteiger partial charge in [0.2, 0.25) is 0 Å². The molecule has 0 saturated carbocycles. The molecule has 0 radical (unpaired) electrons. The van der Waals surface area contributed by atoms with E-state index in [1.807, 2.05) is 139 Å². The van der Waals surface area contributed by atoms with Crippen molar-refractivity contribution in [2.24, 2.45) is 11.8 Å². The largest absolute Gasteiger partial charge is 0.480 e. The van der Waals surface area contributed by atoms with Gasteiger partial charge in [-0.25, -0.2) is 9.59 Å². The van der Waals surface area contributed by atoms with Crippen LogP contribution in [-0.4, -0.2) is 36.8 Å². The van der Waals surface area contributed by atoms with E-state index in [4.69, 9.17) is 28.0 Å². The highest BCUT2D eigenvalue weighted by atomic mass is 31.1. The van der Waals surface area contributed by atoms with Crippen LogP contribution in [0.5, 0.6) is 17.2 Å². The lowest BCUT2D eigenvalue weighted by molar-refractivity contribution is -0.135. The van der Waals surface area contributed by atoms with Crippen LogP contribution in [0, 0.1) is 25.7 Å². The first-order chi connectivity index (χ1) is 26.7. The second kappa shape index (κ2) is 17.1. The van der Waals surface area contributed by atoms with Gasteiger partial charge in [0.1, 0.15) is 46.2 Å². The number of methoxy groups -OCH3 is 2. The molecule has 4 aromatic rings. The number of hydrogen-bond donors (Lipinski definition) is 0. The van der Waals surface area contributed by atoms with Crippen LogP contribution >= 0.6 is 17.6 Å². The second-order valence-corrected chi connectivity index (χ2v) is 18.3. The van der Waals surface area contributed by atoms with E-state index in [-0.39, 0.29) is 40.6 Å². The Hall–Kier alpha value is -4.90. The Morgan fingerprint density at radius 2 is 1.29 bits per heavy atom. The number of benzene rings is 4. The summed E-state index contributed by atoms with van der Waals surface area (Å²) in [5.41, 5.74) is 4.17. The Kier molecular flexibility index (Phi) is 12.4. The number of fused-ring (bicyclic) bond motifs is 2. The summed E-state index contributed by atoms with van der Waals surface area (Å²) in [4.78, 5) is 27.8. The smallest absolute Gasteiger partial charge is 0.341 e. The fourth-order valence-electron chi connectivity index (χ4n) is 7.15. The minimum absolute atomic E-state index is 0.123. The summed E-state index contributed by atoms with van der Waals surface area (Å²) >= 11 is 0. The molecule has 0 amide bonds. The van der Waals surface area contributed by atoms with Crippen LogP contribution < -0.4 is 14.0 Å². The van der Waals surface area contributed by atoms with Crippen molar-refractivity contribution in [2.75, 3.05) is 14.2 Å². The average molecular weight is 793 g/mol. The molecule has 56 heavy (non-hydrogen) atoms. The van der Waals surface area contributed by atoms with Gasteiger partial charge in [-0.3, -0.25) is 0 Å². The van der Waals surface area contributed by atoms with E-state index in [0.717, 1.165) is 39.0 Å². The highest BCUT2D eigenvalue weighted by molar-refractivity contribution is 7.34. The summed E-state index contributed by atoms with van der Waals surface area (Å²) in [6.07, 6.45) is 10.0. The van der Waals surface area contributed by atoms with Crippen LogP contribution in [0.1, 0.15) is 67.6 Å². The van der Waals surface area contributed by atoms with Gasteiger partial charge in [-0.05, 0) is 99.2 Å². The quantitative estimate of drug-likeness (QED) is 0.0977. The molecule has 8 nitrogen and oxygen atoms in total. The van der Waals surface area contributed by atoms with Crippen molar-refractivity contribution in [3.05, 3.63) is 148 Å². The van der Waals surface area contributed by atoms with Crippen LogP contribution in [0.25, 0.3) is 10.8 Å². The third kappa shape index (κ3) is 8.88. The molecule has 5 atom stereocenters. The molecule has 4 aromatic carbocycles. The van der Waals surface area contributed by atoms with Crippen molar-refractivity contribution in [3.63, 3.8) is 0 Å². The molecular formula is C46H50O8P2. The lowest BCUT2D eigenvalue weighted by atomic mass is 9.73. The number of allylic oxidation sites excluding steroid dienone is 6. The topological polar surface area (TPSA) is 89.5 Å². The van der Waals surface area contributed by atoms with E-state index in [1.54, 1.807) is 6.07 Å². The molecule has 2 aliphatic rings. The summed E-state index contributed by atoms with van der Waals surface area (Å²) in [6.45, 7) is 14.0. The third-order valence-corrected chi connectivity index (χ3v) is 11.8. The van der Waals surface area contributed by atoms with E-state index >= 15 is 0 Å². The molecule has 0 aromatic heterocycles. The first-order valence-electron chi connectivity index (χ1n) is 18.6. The predicted octanol–water partition coefficient (Wildman–Crippen LogP) is 11.3. The number of esters is 2. The van der Waals surface area contributed by atoms with E-state index in [0.29, 0.717) is 17.1 Å². The SMILES string of the molecule is COC(=O)C1=C(OPC(C)(C)Oc2ccccc2C)C(c2c(OPC(C)(C)Oc3ccccc3C)c(C(=O)OC)cc3ccccc23)C(C)C2C=CC=CC2=C1. The zero-order chi connectivity index (χ0) is 40.2. The van der Waals surface area contributed by atoms with E-state index in [1.165, 1.54) is 14.2 Å². The van der Waals surface area contributed by atoms with Gasteiger partial charge >= 0.3 is 11.9 Å². The molecule has 0 heterocycles. The standard InChI is InChI=1S/C46H50O8P2/c1-28-18-10-16-24-37(28)51-45(4,5)55-53-41-35(43(47)49-8)26-31-20-12-14-22-33(31)30(3)39(41)40-34-23-15-13-21-32(34)27-36(44(48)50-9)42(40)54-56-46(6,7)52-38-25-17-11-19-29(38)2/h10-27,30,33,39,55-56H,1-9H3. The summed E-state index contributed by atoms with van der Waals surface area (Å²) < 4.78 is 37.8. The molecule has 0 saturated heterocycles. The number of carbonyl (C=O) groups excluding carboxylic acids is 2. The molecule has 0 spiro atoms. The summed E-state index contributed by atoms with van der Waals surface area (Å²) in [5, 5.41) is 0.0567. The highest BCUT2D eigenvalue weighted by Crippen LogP contribution is 2.54. The van der Waals surface area contributed by atoms with Gasteiger partial charge in [-0.15, -0.1) is 0 Å². The fraction of sp³-hybridized carbons (Fsp3) is 0.304. The second-order valence-electron chi connectivity index (χ2n) is 15.1. The first kappa shape index (κ1) is 40.8. The molecule has 2 aliphatic carbocycles. The predicted molar refractivity (Wildman–Crippen MR) is 226 cm³/mol. The van der Waals surface area contributed by atoms with E-state index < -0.39 is 28.5 Å². The number of para-hydroxylation sites is 2. The van der Waals surface area contributed by atoms with Gasteiger partial charge in [0.25, 0.3) is 0 Å². The van der Waals surface area contributed by atoms with Crippen molar-refractivity contribution >= 4 is 40.3 Å². The minimum Gasteiger partial charge on any atom is -0.480 e. The number of ether oxygens (including phenoxy) is 4. The van der Waals surface area contributed by atoms with Gasteiger partial charge in [0.05, 0.1) is 25.7 Å². The molecule has 10 heteroatoms. The Morgan fingerprint density at radius 1 is 0.714 bits per heavy atom. The maximum absolute atomic E-state index is 14.0. The normalized spacial score (nSPS) is 18.5. The van der Waals surface area contributed by atoms with Crippen LogP contribution in [0.3, 0.4) is 0 Å². The number of rotatable bonds is 13. The van der Waals surface area contributed by atoms with Gasteiger partial charge < -0.3 is 28.0 Å². The van der Waals surface area contributed by atoms with Crippen molar-refractivity contribution in [2.45, 2.75) is 65.1 Å². The average Bonchev–Trinajstić information content (AvgIpc) is 3.30. The summed E-state index contributed by atoms with van der Waals surface area (Å²) in [6, 6.07) is 25.3. The first-order valence-corrected chi connectivity index (χ1v) is 20.5. The Balaban J connectivity index is 1.56. The minimum atomic E-state index is -0.798. The lowest BCUT2D eigenvalue weighted by Gasteiger charge is -2.35. The van der Waals surface area contributed by atoms with Crippen molar-refractivity contribution in [1.82, 2.24) is 0 Å². The van der Waals surface area contributed by atoms with Gasteiger partial charge in [-0.1, -0.05) is 91.9 Å². The van der Waals surface area contributed by atoms with Crippen LogP contribution in [0.2, 0.25) is 0 Å². The molecule has 0 fully saturated rings. The molecule has 5 unspecified atom stereocenters. The number of carbonyl (C=O) groups is 2. The van der Waals surface area contributed by atoms with Crippen molar-refractivity contribution < 1.29 is 37.6 Å². The van der Waals surface area contributed by atoms with E-state index in [9.17, 15) is 9.59 Å². The lowest BCUT2D eigenvalue weighted by Crippen LogP contribution is -2.26. The zero-order valence-corrected chi connectivity index (χ0v) is 35.4. The molecule has 0 N–H and O–H groups in total. The Morgan fingerprint density at radius 3 is 1.89 bits per heavy atom. The Labute approximate surface area is 333 Å². The molecular weight excluding hydrogens is 742 g/mol. The van der Waals surface area contributed by atoms with Crippen molar-refractivity contribution in [3.8, 4) is 17.2 Å². The van der Waals surface area contributed by atoms with Crippen LogP contribution in [-0.2, 0) is 18.8 Å². The number of aryl methyl sites for hydroxylation is 2. The zero-order valence-electron chi connectivity index (χ0n) is 33.4. The monoisotopic (exact) mass is 792 g/mol. The molecule has 6 rings (SSSR count). The van der Waals surface area contributed by atoms with Crippen LogP contribution in [0.4, 0.5) is 0 Å². The number of hydrogen-bond acceptors (Lipinski definition) is 8. The summed E-state index contributed by atoms with van der Waals surface area (Å²) in [5.74, 6) is 0.199. The molecule has 292 valence electrons. The highest BCUT2D eigenvalue weighted by Gasteiger charge is 2.42. The fourth-order valence-corrected chi connectivity index (χ4v) is 8.61. The van der Waals surface area contributed by atoms with E-state index in [2.05, 4.69) is 13.0 Å². The van der Waals surface area contributed by atoms with Gasteiger partial charge in [0.15, 0.2) is 10.7 Å². The van der Waals surface area contributed by atoms with Crippen LogP contribution in [0.15, 0.2) is 126 Å². The third-order valence-electron chi connectivity index (χ3n) is 9.94. The van der Waals surface area contributed by atoms with Gasteiger partial charge in [0, 0.05) is 11.5 Å². The Bertz CT molecular complexity index is 2250. The maximum atomic E-state index is 14.0. The van der Waals surface area contributed by atoms with Crippen molar-refractivity contribution in [1.29, 1.82) is 0 Å². The molecule has 0 aliphatic heterocycles.